The highest BCUT2D eigenvalue weighted by molar-refractivity contribution is 8.14. The summed E-state index contributed by atoms with van der Waals surface area (Å²) >= 11 is 1.54. The lowest BCUT2D eigenvalue weighted by Crippen LogP contribution is -2.60. The molecular formula is C31H34N2O5S. The molecule has 7 nitrogen and oxygen atoms in total. The Morgan fingerprint density at radius 3 is 1.85 bits per heavy atom. The molecule has 39 heavy (non-hydrogen) atoms. The number of hydrogen-bond donors (Lipinski definition) is 0. The third kappa shape index (κ3) is 6.96. The second-order valence-electron chi connectivity index (χ2n) is 9.80. The minimum absolute atomic E-state index is 0.283. The maximum atomic E-state index is 12.5. The van der Waals surface area contributed by atoms with Gasteiger partial charge in [-0.3, -0.25) is 4.99 Å². The van der Waals surface area contributed by atoms with Crippen LogP contribution in [0.3, 0.4) is 0 Å². The number of carbonyl (C=O) groups is 1. The van der Waals surface area contributed by atoms with E-state index in [2.05, 4.69) is 0 Å². The largest absolute Gasteiger partial charge is 0.368 e. The van der Waals surface area contributed by atoms with E-state index in [1.165, 1.54) is 11.8 Å². The fourth-order valence-electron chi connectivity index (χ4n) is 4.72. The highest BCUT2D eigenvalue weighted by atomic mass is 32.2. The monoisotopic (exact) mass is 546 g/mol. The zero-order valence-electron chi connectivity index (χ0n) is 22.2. The predicted octanol–water partition coefficient (Wildman–Crippen LogP) is 4.70. The van der Waals surface area contributed by atoms with E-state index >= 15 is 0 Å². The van der Waals surface area contributed by atoms with Crippen molar-refractivity contribution in [1.29, 1.82) is 0 Å². The van der Waals surface area contributed by atoms with Crippen molar-refractivity contribution in [3.8, 4) is 0 Å². The summed E-state index contributed by atoms with van der Waals surface area (Å²) in [6.45, 7) is 1.02. The first-order valence-corrected chi connectivity index (χ1v) is 14.0. The number of nitrogens with zero attached hydrogens (tertiary/aromatic N) is 2. The Bertz CT molecular complexity index is 1210. The molecule has 1 saturated heterocycles. The molecule has 0 aliphatic carbocycles. The van der Waals surface area contributed by atoms with Crippen LogP contribution in [-0.4, -0.2) is 66.3 Å². The third-order valence-electron chi connectivity index (χ3n) is 6.73. The first kappa shape index (κ1) is 27.6. The van der Waals surface area contributed by atoms with Gasteiger partial charge in [-0.25, -0.2) is 0 Å². The molecule has 3 aromatic carbocycles. The average molecular weight is 547 g/mol. The van der Waals surface area contributed by atoms with Gasteiger partial charge in [-0.15, -0.1) is 0 Å². The Kier molecular flexibility index (Phi) is 9.44. The molecule has 0 aromatic heterocycles. The van der Waals surface area contributed by atoms with Gasteiger partial charge in [-0.05, 0) is 16.7 Å². The van der Waals surface area contributed by atoms with E-state index in [0.29, 0.717) is 13.2 Å². The van der Waals surface area contributed by atoms with Crippen molar-refractivity contribution in [2.24, 2.45) is 4.99 Å². The van der Waals surface area contributed by atoms with Crippen LogP contribution in [0, 0.1) is 0 Å². The smallest absolute Gasteiger partial charge is 0.161 e. The lowest BCUT2D eigenvalue weighted by molar-refractivity contribution is -0.224. The van der Waals surface area contributed by atoms with Gasteiger partial charge in [0, 0.05) is 14.1 Å². The Morgan fingerprint density at radius 1 is 0.821 bits per heavy atom. The lowest BCUT2D eigenvalue weighted by atomic mass is 9.94. The summed E-state index contributed by atoms with van der Waals surface area (Å²) in [6.07, 6.45) is -1.76. The van der Waals surface area contributed by atoms with Gasteiger partial charge in [0.1, 0.15) is 35.9 Å². The molecule has 0 unspecified atom stereocenters. The molecule has 2 heterocycles. The summed E-state index contributed by atoms with van der Waals surface area (Å²) in [5.74, 6) is 0. The fourth-order valence-corrected chi connectivity index (χ4v) is 5.86. The number of benzene rings is 3. The predicted molar refractivity (Wildman–Crippen MR) is 152 cm³/mol. The maximum absolute atomic E-state index is 12.5. The molecule has 0 N–H and O–H groups in total. The number of carbonyl (C=O) groups excluding carboxylic acids is 1. The van der Waals surface area contributed by atoms with Crippen molar-refractivity contribution in [3.63, 3.8) is 0 Å². The Hall–Kier alpha value is -3.01. The Balaban J connectivity index is 1.43. The second kappa shape index (κ2) is 13.4. The van der Waals surface area contributed by atoms with Gasteiger partial charge < -0.3 is 28.6 Å². The number of fused-ring (bicyclic) bond motifs is 1. The molecule has 0 saturated carbocycles. The van der Waals surface area contributed by atoms with Crippen LogP contribution in [0.1, 0.15) is 16.7 Å². The van der Waals surface area contributed by atoms with Crippen molar-refractivity contribution in [3.05, 3.63) is 108 Å². The molecule has 6 atom stereocenters. The van der Waals surface area contributed by atoms with Gasteiger partial charge in [-0.1, -0.05) is 103 Å². The van der Waals surface area contributed by atoms with E-state index in [-0.39, 0.29) is 18.1 Å². The van der Waals surface area contributed by atoms with E-state index in [0.717, 1.165) is 28.1 Å². The molecule has 0 bridgehead atoms. The zero-order valence-corrected chi connectivity index (χ0v) is 23.0. The van der Waals surface area contributed by atoms with E-state index in [1.807, 2.05) is 110 Å². The third-order valence-corrected chi connectivity index (χ3v) is 8.04. The number of amidine groups is 1. The molecule has 8 heteroatoms. The van der Waals surface area contributed by atoms with E-state index < -0.39 is 24.4 Å². The summed E-state index contributed by atoms with van der Waals surface area (Å²) in [4.78, 5) is 19.4. The van der Waals surface area contributed by atoms with Gasteiger partial charge in [-0.2, -0.15) is 0 Å². The molecule has 204 valence electrons. The van der Waals surface area contributed by atoms with Crippen LogP contribution in [0.5, 0.6) is 0 Å². The normalized spacial score (nSPS) is 25.0. The summed E-state index contributed by atoms with van der Waals surface area (Å²) in [5.41, 5.74) is 2.72. The van der Waals surface area contributed by atoms with Crippen molar-refractivity contribution < 1.29 is 23.7 Å². The number of aliphatic imine (C=N–C) groups is 1. The first-order valence-electron chi connectivity index (χ1n) is 13.1. The van der Waals surface area contributed by atoms with Crippen LogP contribution >= 0.6 is 11.8 Å². The summed E-state index contributed by atoms with van der Waals surface area (Å²) < 4.78 is 25.8. The quantitative estimate of drug-likeness (QED) is 0.323. The highest BCUT2D eigenvalue weighted by Gasteiger charge is 2.53. The van der Waals surface area contributed by atoms with Crippen molar-refractivity contribution in [1.82, 2.24) is 4.90 Å². The summed E-state index contributed by atoms with van der Waals surface area (Å²) in [7, 11) is 3.92. The number of aldehydes is 1. The molecule has 2 aliphatic rings. The number of ether oxygens (including phenoxy) is 4. The van der Waals surface area contributed by atoms with Crippen LogP contribution in [0.2, 0.25) is 0 Å². The SMILES string of the molecule is CN(C)C1=N[C@@H]2[C@@H](OCc3ccccc3)[C@H](OCc3ccccc3)[C@@H]([C@H](C=O)OCc3ccccc3)O[C@@H]2S1. The van der Waals surface area contributed by atoms with E-state index in [9.17, 15) is 4.79 Å². The maximum Gasteiger partial charge on any atom is 0.161 e. The minimum atomic E-state index is -0.848. The number of rotatable bonds is 11. The van der Waals surface area contributed by atoms with E-state index in [4.69, 9.17) is 23.9 Å². The minimum Gasteiger partial charge on any atom is -0.368 e. The van der Waals surface area contributed by atoms with Crippen LogP contribution in [0.4, 0.5) is 0 Å². The van der Waals surface area contributed by atoms with Crippen LogP contribution in [-0.2, 0) is 43.6 Å². The molecule has 1 fully saturated rings. The molecule has 0 amide bonds. The van der Waals surface area contributed by atoms with Crippen molar-refractivity contribution >= 4 is 23.2 Å². The number of hydrogen-bond acceptors (Lipinski definition) is 8. The second-order valence-corrected chi connectivity index (χ2v) is 10.9. The lowest BCUT2D eigenvalue weighted by Gasteiger charge is -2.44. The Morgan fingerprint density at radius 2 is 1.33 bits per heavy atom. The number of thioether (sulfide) groups is 1. The summed E-state index contributed by atoms with van der Waals surface area (Å²) in [6, 6.07) is 29.5. The molecule has 5 rings (SSSR count). The van der Waals surface area contributed by atoms with Crippen molar-refractivity contribution in [2.45, 2.75) is 55.7 Å². The molecular weight excluding hydrogens is 512 g/mol. The van der Waals surface area contributed by atoms with Crippen molar-refractivity contribution in [2.75, 3.05) is 14.1 Å². The van der Waals surface area contributed by atoms with Gasteiger partial charge in [0.2, 0.25) is 0 Å². The fraction of sp³-hybridized carbons (Fsp3) is 0.355. The van der Waals surface area contributed by atoms with Crippen LogP contribution in [0.25, 0.3) is 0 Å². The summed E-state index contributed by atoms with van der Waals surface area (Å²) in [5, 5.41) is 0.855. The molecule has 3 aromatic rings. The topological polar surface area (TPSA) is 69.6 Å². The van der Waals surface area contributed by atoms with Crippen LogP contribution in [0.15, 0.2) is 96.0 Å². The first-order chi connectivity index (χ1) is 19.1. The van der Waals surface area contributed by atoms with Gasteiger partial charge in [0.15, 0.2) is 11.5 Å². The zero-order chi connectivity index (χ0) is 27.0. The molecule has 2 aliphatic heterocycles. The highest BCUT2D eigenvalue weighted by Crippen LogP contribution is 2.41. The molecule has 0 radical (unpaired) electrons. The van der Waals surface area contributed by atoms with Gasteiger partial charge in [0.05, 0.1) is 19.8 Å². The van der Waals surface area contributed by atoms with Crippen LogP contribution < -0.4 is 0 Å². The van der Waals surface area contributed by atoms with E-state index in [1.54, 1.807) is 0 Å². The van der Waals surface area contributed by atoms with Gasteiger partial charge >= 0.3 is 0 Å². The van der Waals surface area contributed by atoms with Gasteiger partial charge in [0.25, 0.3) is 0 Å². The molecule has 0 spiro atoms. The average Bonchev–Trinajstić information content (AvgIpc) is 3.41. The standard InChI is InChI=1S/C31H34N2O5S/c1-33(2)31-32-26-28(36-20-23-14-8-4-9-15-23)29(37-21-24-16-10-5-11-17-24)27(38-30(26)39-31)25(18-34)35-19-22-12-6-3-7-13-22/h3-18,25-30H,19-21H2,1-2H3/t25-,26+,27+,28+,29+,30+/m0/s1. The Labute approximate surface area is 234 Å².